The average Bonchev–Trinajstić information content (AvgIpc) is 2.83. The first-order chi connectivity index (χ1) is 15.9. The Bertz CT molecular complexity index is 972. The fourth-order valence-electron chi connectivity index (χ4n) is 4.04. The summed E-state index contributed by atoms with van der Waals surface area (Å²) in [5.41, 5.74) is 1.97. The third-order valence-corrected chi connectivity index (χ3v) is 6.21. The molecule has 176 valence electrons. The Hall–Kier alpha value is -2.90. The SMILES string of the molecule is COCCNC(=O)C(NC(=O)c1ccccc1C)C1CCN(C(=O)c2ccc(Cl)cc2)CC1. The van der Waals surface area contributed by atoms with Gasteiger partial charge in [0.1, 0.15) is 6.04 Å². The molecule has 33 heavy (non-hydrogen) atoms. The molecule has 7 nitrogen and oxygen atoms in total. The van der Waals surface area contributed by atoms with Crippen molar-refractivity contribution in [3.05, 3.63) is 70.2 Å². The highest BCUT2D eigenvalue weighted by Gasteiger charge is 2.34. The van der Waals surface area contributed by atoms with E-state index in [-0.39, 0.29) is 23.6 Å². The van der Waals surface area contributed by atoms with Gasteiger partial charge in [-0.15, -0.1) is 0 Å². The Kier molecular flexibility index (Phi) is 8.86. The molecule has 8 heteroatoms. The Balaban J connectivity index is 1.68. The number of hydrogen-bond donors (Lipinski definition) is 2. The molecule has 1 fully saturated rings. The third kappa shape index (κ3) is 6.55. The van der Waals surface area contributed by atoms with Crippen molar-refractivity contribution in [3.63, 3.8) is 0 Å². The van der Waals surface area contributed by atoms with Gasteiger partial charge >= 0.3 is 0 Å². The fraction of sp³-hybridized carbons (Fsp3) is 0.400. The standard InChI is InChI=1S/C25H30ClN3O4/c1-17-5-3-4-6-21(17)23(30)28-22(24(31)27-13-16-33-2)18-11-14-29(15-12-18)25(32)19-7-9-20(26)10-8-19/h3-10,18,22H,11-16H2,1-2H3,(H,27,31)(H,28,30). The second-order valence-corrected chi connectivity index (χ2v) is 8.62. The number of aryl methyl sites for hydroxylation is 1. The first-order valence-corrected chi connectivity index (χ1v) is 11.5. The van der Waals surface area contributed by atoms with E-state index in [1.165, 1.54) is 0 Å². The zero-order chi connectivity index (χ0) is 23.8. The van der Waals surface area contributed by atoms with Gasteiger partial charge in [-0.05, 0) is 61.6 Å². The lowest BCUT2D eigenvalue weighted by Gasteiger charge is -2.36. The van der Waals surface area contributed by atoms with Crippen LogP contribution in [0.2, 0.25) is 5.02 Å². The van der Waals surface area contributed by atoms with Crippen molar-refractivity contribution in [2.45, 2.75) is 25.8 Å². The van der Waals surface area contributed by atoms with E-state index in [1.807, 2.05) is 19.1 Å². The summed E-state index contributed by atoms with van der Waals surface area (Å²) in [6, 6.07) is 13.4. The van der Waals surface area contributed by atoms with E-state index in [9.17, 15) is 14.4 Å². The first kappa shape index (κ1) is 24.7. The van der Waals surface area contributed by atoms with Gasteiger partial charge in [0.25, 0.3) is 11.8 Å². The van der Waals surface area contributed by atoms with E-state index in [0.717, 1.165) is 5.56 Å². The summed E-state index contributed by atoms with van der Waals surface area (Å²) in [4.78, 5) is 40.5. The summed E-state index contributed by atoms with van der Waals surface area (Å²) in [6.07, 6.45) is 1.21. The number of benzene rings is 2. The first-order valence-electron chi connectivity index (χ1n) is 11.1. The van der Waals surface area contributed by atoms with E-state index in [4.69, 9.17) is 16.3 Å². The van der Waals surface area contributed by atoms with Crippen LogP contribution in [0, 0.1) is 12.8 Å². The number of hydrogen-bond acceptors (Lipinski definition) is 4. The van der Waals surface area contributed by atoms with E-state index >= 15 is 0 Å². The van der Waals surface area contributed by atoms with Gasteiger partial charge in [-0.2, -0.15) is 0 Å². The van der Waals surface area contributed by atoms with Crippen LogP contribution in [-0.4, -0.2) is 62.0 Å². The van der Waals surface area contributed by atoms with Crippen LogP contribution in [0.4, 0.5) is 0 Å². The number of likely N-dealkylation sites (tertiary alicyclic amines) is 1. The molecule has 3 rings (SSSR count). The zero-order valence-electron chi connectivity index (χ0n) is 19.0. The number of carbonyl (C=O) groups is 3. The molecule has 1 saturated heterocycles. The number of amides is 3. The van der Waals surface area contributed by atoms with Crippen molar-refractivity contribution in [1.29, 1.82) is 0 Å². The molecule has 0 bridgehead atoms. The highest BCUT2D eigenvalue weighted by atomic mass is 35.5. The Morgan fingerprint density at radius 3 is 2.39 bits per heavy atom. The lowest BCUT2D eigenvalue weighted by Crippen LogP contribution is -2.54. The van der Waals surface area contributed by atoms with Crippen LogP contribution in [0.15, 0.2) is 48.5 Å². The summed E-state index contributed by atoms with van der Waals surface area (Å²) in [7, 11) is 1.57. The number of nitrogens with one attached hydrogen (secondary N) is 2. The number of nitrogens with zero attached hydrogens (tertiary/aromatic N) is 1. The maximum absolute atomic E-state index is 13.0. The molecule has 2 aromatic rings. The number of rotatable bonds is 8. The van der Waals surface area contributed by atoms with Gasteiger partial charge < -0.3 is 20.3 Å². The van der Waals surface area contributed by atoms with Gasteiger partial charge in [0, 0.05) is 42.9 Å². The zero-order valence-corrected chi connectivity index (χ0v) is 19.7. The molecule has 0 aliphatic carbocycles. The molecule has 1 aliphatic heterocycles. The molecule has 3 amide bonds. The molecule has 1 atom stereocenters. The topological polar surface area (TPSA) is 87.7 Å². The normalized spacial score (nSPS) is 15.1. The van der Waals surface area contributed by atoms with Crippen LogP contribution in [0.5, 0.6) is 0 Å². The second-order valence-electron chi connectivity index (χ2n) is 8.19. The molecular weight excluding hydrogens is 442 g/mol. The summed E-state index contributed by atoms with van der Waals surface area (Å²) < 4.78 is 5.02. The van der Waals surface area contributed by atoms with Crippen LogP contribution in [0.1, 0.15) is 39.1 Å². The summed E-state index contributed by atoms with van der Waals surface area (Å²) in [6.45, 7) is 3.63. The largest absolute Gasteiger partial charge is 0.383 e. The summed E-state index contributed by atoms with van der Waals surface area (Å²) in [5.74, 6) is -0.666. The molecule has 2 N–H and O–H groups in total. The van der Waals surface area contributed by atoms with Crippen LogP contribution in [0.3, 0.4) is 0 Å². The van der Waals surface area contributed by atoms with Crippen molar-refractivity contribution < 1.29 is 19.1 Å². The summed E-state index contributed by atoms with van der Waals surface area (Å²) in [5, 5.41) is 6.37. The van der Waals surface area contributed by atoms with Gasteiger partial charge in [0.15, 0.2) is 0 Å². The molecular formula is C25H30ClN3O4. The molecule has 0 saturated carbocycles. The maximum atomic E-state index is 13.0. The van der Waals surface area contributed by atoms with Crippen molar-refractivity contribution in [2.24, 2.45) is 5.92 Å². The smallest absolute Gasteiger partial charge is 0.253 e. The van der Waals surface area contributed by atoms with E-state index in [2.05, 4.69) is 10.6 Å². The fourth-order valence-corrected chi connectivity index (χ4v) is 4.17. The minimum absolute atomic E-state index is 0.0600. The number of halogens is 1. The molecule has 1 aliphatic rings. The quantitative estimate of drug-likeness (QED) is 0.579. The van der Waals surface area contributed by atoms with Crippen molar-refractivity contribution >= 4 is 29.3 Å². The minimum Gasteiger partial charge on any atom is -0.383 e. The Morgan fingerprint density at radius 2 is 1.76 bits per heavy atom. The average molecular weight is 472 g/mol. The van der Waals surface area contributed by atoms with Crippen molar-refractivity contribution in [3.8, 4) is 0 Å². The van der Waals surface area contributed by atoms with Crippen molar-refractivity contribution in [1.82, 2.24) is 15.5 Å². The third-order valence-electron chi connectivity index (χ3n) is 5.95. The van der Waals surface area contributed by atoms with Crippen LogP contribution in [0.25, 0.3) is 0 Å². The highest BCUT2D eigenvalue weighted by Crippen LogP contribution is 2.23. The van der Waals surface area contributed by atoms with Gasteiger partial charge in [0.2, 0.25) is 5.91 Å². The number of ether oxygens (including phenoxy) is 1. The Morgan fingerprint density at radius 1 is 1.09 bits per heavy atom. The molecule has 0 spiro atoms. The van der Waals surface area contributed by atoms with Gasteiger partial charge in [0.05, 0.1) is 6.61 Å². The van der Waals surface area contributed by atoms with Gasteiger partial charge in [-0.3, -0.25) is 14.4 Å². The number of methoxy groups -OCH3 is 1. The van der Waals surface area contributed by atoms with E-state index in [1.54, 1.807) is 48.4 Å². The molecule has 1 heterocycles. The lowest BCUT2D eigenvalue weighted by atomic mass is 9.88. The maximum Gasteiger partial charge on any atom is 0.253 e. The van der Waals surface area contributed by atoms with E-state index < -0.39 is 6.04 Å². The monoisotopic (exact) mass is 471 g/mol. The highest BCUT2D eigenvalue weighted by molar-refractivity contribution is 6.30. The van der Waals surface area contributed by atoms with Crippen LogP contribution in [-0.2, 0) is 9.53 Å². The number of piperidine rings is 1. The molecule has 0 radical (unpaired) electrons. The molecule has 2 aromatic carbocycles. The van der Waals surface area contributed by atoms with Gasteiger partial charge in [-0.1, -0.05) is 29.8 Å². The van der Waals surface area contributed by atoms with E-state index in [0.29, 0.717) is 55.2 Å². The van der Waals surface area contributed by atoms with Gasteiger partial charge in [-0.25, -0.2) is 0 Å². The predicted molar refractivity (Wildman–Crippen MR) is 127 cm³/mol. The Labute approximate surface area is 199 Å². The van der Waals surface area contributed by atoms with Crippen molar-refractivity contribution in [2.75, 3.05) is 33.4 Å². The van der Waals surface area contributed by atoms with Crippen LogP contribution < -0.4 is 10.6 Å². The predicted octanol–water partition coefficient (Wildman–Crippen LogP) is 3.06. The second kappa shape index (κ2) is 11.8. The number of carbonyl (C=O) groups excluding carboxylic acids is 3. The minimum atomic E-state index is -0.693. The molecule has 1 unspecified atom stereocenters. The van der Waals surface area contributed by atoms with Crippen LogP contribution >= 0.6 is 11.6 Å². The lowest BCUT2D eigenvalue weighted by molar-refractivity contribution is -0.124. The summed E-state index contributed by atoms with van der Waals surface area (Å²) >= 11 is 5.92. The molecule has 0 aromatic heterocycles.